The molecule has 3 aliphatic rings. The average Bonchev–Trinajstić information content (AvgIpc) is 3.08. The zero-order valence-electron chi connectivity index (χ0n) is 12.3. The molecule has 0 spiro atoms. The van der Waals surface area contributed by atoms with Gasteiger partial charge in [0.2, 0.25) is 0 Å². The van der Waals surface area contributed by atoms with E-state index in [1.165, 1.54) is 43.2 Å². The Morgan fingerprint density at radius 3 is 2.80 bits per heavy atom. The highest BCUT2D eigenvalue weighted by atomic mass is 35.5. The first-order valence-corrected chi connectivity index (χ1v) is 8.10. The number of fused-ring (bicyclic) bond motifs is 5. The van der Waals surface area contributed by atoms with Crippen molar-refractivity contribution in [3.05, 3.63) is 35.4 Å². The molecule has 0 radical (unpaired) electrons. The number of hydrogen-bond donors (Lipinski definition) is 1. The third-order valence-corrected chi connectivity index (χ3v) is 6.08. The first-order chi connectivity index (χ1) is 9.31. The van der Waals surface area contributed by atoms with Crippen molar-refractivity contribution in [1.82, 2.24) is 5.32 Å². The highest BCUT2D eigenvalue weighted by Crippen LogP contribution is 2.58. The molecule has 0 aromatic heterocycles. The van der Waals surface area contributed by atoms with E-state index >= 15 is 0 Å². The van der Waals surface area contributed by atoms with E-state index < -0.39 is 0 Å². The molecule has 0 unspecified atom stereocenters. The minimum absolute atomic E-state index is 0. The van der Waals surface area contributed by atoms with Crippen LogP contribution in [0.15, 0.2) is 24.3 Å². The molecule has 0 amide bonds. The van der Waals surface area contributed by atoms with Gasteiger partial charge in [-0.15, -0.1) is 12.4 Å². The fourth-order valence-electron chi connectivity index (χ4n) is 5.37. The van der Waals surface area contributed by atoms with Crippen molar-refractivity contribution in [2.24, 2.45) is 23.7 Å². The normalized spacial score (nSPS) is 37.8. The molecule has 20 heavy (non-hydrogen) atoms. The van der Waals surface area contributed by atoms with E-state index in [9.17, 15) is 0 Å². The zero-order chi connectivity index (χ0) is 12.8. The van der Waals surface area contributed by atoms with E-state index in [0.29, 0.717) is 0 Å². The predicted molar refractivity (Wildman–Crippen MR) is 86.1 cm³/mol. The van der Waals surface area contributed by atoms with Gasteiger partial charge in [0, 0.05) is 12.6 Å². The summed E-state index contributed by atoms with van der Waals surface area (Å²) in [6.45, 7) is 3.25. The van der Waals surface area contributed by atoms with Crippen molar-refractivity contribution in [2.45, 2.75) is 51.6 Å². The molecular formula is C18H26ClN. The molecule has 4 rings (SSSR count). The fourth-order valence-corrected chi connectivity index (χ4v) is 5.37. The standard InChI is InChI=1S/C18H25N.ClH/c1-12-4-2-5-13(8-12)11-19-18-10-14-9-17(18)16-7-3-6-15(14)16;/h2,4-5,8,14-19H,3,6-7,9-11H2,1H3;1H/t14-,15+,16+,17-,18+;/m0./s1. The van der Waals surface area contributed by atoms with Gasteiger partial charge in [0.1, 0.15) is 0 Å². The molecule has 0 heterocycles. The van der Waals surface area contributed by atoms with E-state index in [4.69, 9.17) is 0 Å². The Hall–Kier alpha value is -0.530. The Bertz CT molecular complexity index is 472. The molecule has 1 nitrogen and oxygen atoms in total. The molecule has 0 saturated heterocycles. The maximum Gasteiger partial charge on any atom is 0.0208 e. The molecule has 5 atom stereocenters. The lowest BCUT2D eigenvalue weighted by atomic mass is 9.79. The summed E-state index contributed by atoms with van der Waals surface area (Å²) < 4.78 is 0. The van der Waals surface area contributed by atoms with E-state index in [2.05, 4.69) is 36.5 Å². The summed E-state index contributed by atoms with van der Waals surface area (Å²) >= 11 is 0. The van der Waals surface area contributed by atoms with Crippen LogP contribution in [0.4, 0.5) is 0 Å². The summed E-state index contributed by atoms with van der Waals surface area (Å²) in [6.07, 6.45) is 7.55. The molecule has 0 aliphatic heterocycles. The molecule has 1 aromatic rings. The van der Waals surface area contributed by atoms with Gasteiger partial charge in [-0.25, -0.2) is 0 Å². The van der Waals surface area contributed by atoms with Gasteiger partial charge in [-0.1, -0.05) is 36.2 Å². The lowest BCUT2D eigenvalue weighted by Crippen LogP contribution is -2.38. The van der Waals surface area contributed by atoms with Gasteiger partial charge in [-0.2, -0.15) is 0 Å². The van der Waals surface area contributed by atoms with Crippen LogP contribution >= 0.6 is 12.4 Å². The molecule has 2 bridgehead atoms. The minimum atomic E-state index is 0. The molecule has 110 valence electrons. The van der Waals surface area contributed by atoms with Crippen LogP contribution in [0.25, 0.3) is 0 Å². The van der Waals surface area contributed by atoms with Crippen LogP contribution in [0.5, 0.6) is 0 Å². The monoisotopic (exact) mass is 291 g/mol. The molecule has 1 N–H and O–H groups in total. The van der Waals surface area contributed by atoms with Gasteiger partial charge in [0.25, 0.3) is 0 Å². The molecule has 2 heteroatoms. The third kappa shape index (κ3) is 2.40. The van der Waals surface area contributed by atoms with Crippen LogP contribution in [0.3, 0.4) is 0 Å². The minimum Gasteiger partial charge on any atom is -0.310 e. The van der Waals surface area contributed by atoms with E-state index in [0.717, 1.165) is 36.3 Å². The van der Waals surface area contributed by atoms with E-state index in [-0.39, 0.29) is 12.4 Å². The Morgan fingerprint density at radius 1 is 1.10 bits per heavy atom. The Balaban J connectivity index is 0.00000121. The topological polar surface area (TPSA) is 12.0 Å². The number of hydrogen-bond acceptors (Lipinski definition) is 1. The highest BCUT2D eigenvalue weighted by Gasteiger charge is 2.53. The number of nitrogens with one attached hydrogen (secondary N) is 1. The second kappa shape index (κ2) is 5.69. The summed E-state index contributed by atoms with van der Waals surface area (Å²) in [4.78, 5) is 0. The second-order valence-electron chi connectivity index (χ2n) is 7.13. The molecule has 1 aromatic carbocycles. The van der Waals surface area contributed by atoms with Crippen molar-refractivity contribution in [1.29, 1.82) is 0 Å². The van der Waals surface area contributed by atoms with E-state index in [1.807, 2.05) is 0 Å². The summed E-state index contributed by atoms with van der Waals surface area (Å²) in [5.41, 5.74) is 2.83. The maximum atomic E-state index is 3.87. The smallest absolute Gasteiger partial charge is 0.0208 e. The lowest BCUT2D eigenvalue weighted by molar-refractivity contribution is 0.208. The number of halogens is 1. The second-order valence-corrected chi connectivity index (χ2v) is 7.13. The summed E-state index contributed by atoms with van der Waals surface area (Å²) in [7, 11) is 0. The summed E-state index contributed by atoms with van der Waals surface area (Å²) in [5.74, 6) is 4.26. The summed E-state index contributed by atoms with van der Waals surface area (Å²) in [6, 6.07) is 9.75. The van der Waals surface area contributed by atoms with Crippen molar-refractivity contribution in [3.63, 3.8) is 0 Å². The maximum absolute atomic E-state index is 3.87. The van der Waals surface area contributed by atoms with Gasteiger partial charge >= 0.3 is 0 Å². The zero-order valence-corrected chi connectivity index (χ0v) is 13.2. The quantitative estimate of drug-likeness (QED) is 0.874. The molecular weight excluding hydrogens is 266 g/mol. The number of rotatable bonds is 3. The molecule has 3 saturated carbocycles. The predicted octanol–water partition coefficient (Wildman–Crippen LogP) is 4.33. The van der Waals surface area contributed by atoms with Gasteiger partial charge < -0.3 is 5.32 Å². The van der Waals surface area contributed by atoms with Gasteiger partial charge in [0.05, 0.1) is 0 Å². The Labute approximate surface area is 128 Å². The Kier molecular flexibility index (Phi) is 4.10. The molecule has 3 aliphatic carbocycles. The van der Waals surface area contributed by atoms with Crippen molar-refractivity contribution in [3.8, 4) is 0 Å². The van der Waals surface area contributed by atoms with E-state index in [1.54, 1.807) is 0 Å². The average molecular weight is 292 g/mol. The van der Waals surface area contributed by atoms with Crippen LogP contribution in [0.1, 0.15) is 43.2 Å². The molecule has 3 fully saturated rings. The first-order valence-electron chi connectivity index (χ1n) is 8.10. The van der Waals surface area contributed by atoms with Gasteiger partial charge in [0.15, 0.2) is 0 Å². The SMILES string of the molecule is Cc1cccc(CN[C@@H]2C[C@@H]3C[C@H]2[C@@H]2CCC[C@H]32)c1.Cl. The largest absolute Gasteiger partial charge is 0.310 e. The number of benzene rings is 1. The fraction of sp³-hybridized carbons (Fsp3) is 0.667. The van der Waals surface area contributed by atoms with Crippen molar-refractivity contribution >= 4 is 12.4 Å². The van der Waals surface area contributed by atoms with Gasteiger partial charge in [-0.3, -0.25) is 0 Å². The van der Waals surface area contributed by atoms with Crippen molar-refractivity contribution in [2.75, 3.05) is 0 Å². The van der Waals surface area contributed by atoms with Crippen LogP contribution < -0.4 is 5.32 Å². The van der Waals surface area contributed by atoms with Crippen LogP contribution in [-0.2, 0) is 6.54 Å². The van der Waals surface area contributed by atoms with Crippen molar-refractivity contribution < 1.29 is 0 Å². The first kappa shape index (κ1) is 14.4. The van der Waals surface area contributed by atoms with Crippen LogP contribution in [0, 0.1) is 30.6 Å². The lowest BCUT2D eigenvalue weighted by Gasteiger charge is -2.32. The van der Waals surface area contributed by atoms with Crippen LogP contribution in [-0.4, -0.2) is 6.04 Å². The number of aryl methyl sites for hydroxylation is 1. The van der Waals surface area contributed by atoms with Gasteiger partial charge in [-0.05, 0) is 61.8 Å². The summed E-state index contributed by atoms with van der Waals surface area (Å²) in [5, 5.41) is 3.87. The highest BCUT2D eigenvalue weighted by molar-refractivity contribution is 5.85. The van der Waals surface area contributed by atoms with Crippen LogP contribution in [0.2, 0.25) is 0 Å². The Morgan fingerprint density at radius 2 is 1.95 bits per heavy atom. The third-order valence-electron chi connectivity index (χ3n) is 6.08.